The maximum Gasteiger partial charge on any atom is 0.344 e. The van der Waals surface area contributed by atoms with Gasteiger partial charge in [0.2, 0.25) is 0 Å². The van der Waals surface area contributed by atoms with E-state index in [1.54, 1.807) is 0 Å². The number of carbonyl (C=O) groups is 2. The first kappa shape index (κ1) is 22.8. The molecule has 6 heteroatoms. The van der Waals surface area contributed by atoms with Gasteiger partial charge >= 0.3 is 11.9 Å². The van der Waals surface area contributed by atoms with Gasteiger partial charge in [-0.3, -0.25) is 4.79 Å². The first-order valence-corrected chi connectivity index (χ1v) is 12.3. The second kappa shape index (κ2) is 7.26. The normalized spacial score (nSPS) is 44.0. The molecule has 180 valence electrons. The van der Waals surface area contributed by atoms with Crippen molar-refractivity contribution in [2.45, 2.75) is 84.7 Å². The smallest absolute Gasteiger partial charge is 0.344 e. The number of carboxylic acid groups (broad SMARTS) is 1. The van der Waals surface area contributed by atoms with Crippen LogP contribution in [-0.2, 0) is 9.53 Å². The van der Waals surface area contributed by atoms with Crippen LogP contribution in [0.3, 0.4) is 0 Å². The summed E-state index contributed by atoms with van der Waals surface area (Å²) in [5, 5.41) is 10.1. The highest BCUT2D eigenvalue weighted by Gasteiger charge is 2.68. The lowest BCUT2D eigenvalue weighted by Gasteiger charge is -2.63. The third kappa shape index (κ3) is 3.11. The van der Waals surface area contributed by atoms with Crippen LogP contribution in [-0.4, -0.2) is 23.1 Å². The highest BCUT2D eigenvalue weighted by molar-refractivity contribution is 5.90. The Balaban J connectivity index is 1.44. The molecule has 33 heavy (non-hydrogen) atoms. The zero-order chi connectivity index (χ0) is 23.8. The van der Waals surface area contributed by atoms with Crippen molar-refractivity contribution < 1.29 is 28.2 Å². The SMILES string of the molecule is C[C@@]12CC[C@@H]3[C@@](CC[C@H]4[C@@]3(C)CCC[C@@]4(C)C(=O)O)(CC1OC(=O)c1c(F)cccc1F)C2. The van der Waals surface area contributed by atoms with Gasteiger partial charge in [-0.25, -0.2) is 13.6 Å². The molecule has 0 radical (unpaired) electrons. The highest BCUT2D eigenvalue weighted by atomic mass is 19.1. The quantitative estimate of drug-likeness (QED) is 0.532. The molecule has 4 saturated carbocycles. The Morgan fingerprint density at radius 1 is 1.00 bits per heavy atom. The average molecular weight is 461 g/mol. The number of hydrogen-bond acceptors (Lipinski definition) is 3. The summed E-state index contributed by atoms with van der Waals surface area (Å²) in [6.07, 6.45) is 7.59. The fourth-order valence-corrected chi connectivity index (χ4v) is 9.03. The first-order valence-electron chi connectivity index (χ1n) is 12.3. The molecule has 1 unspecified atom stereocenters. The van der Waals surface area contributed by atoms with Gasteiger partial charge in [0.15, 0.2) is 0 Å². The fraction of sp³-hybridized carbons (Fsp3) is 0.704. The third-order valence-electron chi connectivity index (χ3n) is 10.5. The lowest BCUT2D eigenvalue weighted by atomic mass is 9.40. The zero-order valence-corrected chi connectivity index (χ0v) is 19.8. The number of rotatable bonds is 3. The minimum absolute atomic E-state index is 0.00622. The Labute approximate surface area is 194 Å². The Bertz CT molecular complexity index is 990. The van der Waals surface area contributed by atoms with Crippen LogP contribution in [0, 0.1) is 45.1 Å². The van der Waals surface area contributed by atoms with Gasteiger partial charge in [-0.05, 0) is 93.1 Å². The molecule has 4 fully saturated rings. The minimum Gasteiger partial charge on any atom is -0.481 e. The van der Waals surface area contributed by atoms with E-state index in [-0.39, 0.29) is 28.3 Å². The maximum absolute atomic E-state index is 14.2. The van der Waals surface area contributed by atoms with Crippen molar-refractivity contribution in [3.05, 3.63) is 35.4 Å². The van der Waals surface area contributed by atoms with Crippen molar-refractivity contribution in [2.75, 3.05) is 0 Å². The lowest BCUT2D eigenvalue weighted by Crippen LogP contribution is -2.58. The predicted molar refractivity (Wildman–Crippen MR) is 118 cm³/mol. The Kier molecular flexibility index (Phi) is 5.01. The largest absolute Gasteiger partial charge is 0.481 e. The molecule has 7 atom stereocenters. The molecule has 0 aliphatic heterocycles. The topological polar surface area (TPSA) is 63.6 Å². The van der Waals surface area contributed by atoms with Gasteiger partial charge in [-0.2, -0.15) is 0 Å². The van der Waals surface area contributed by atoms with Crippen molar-refractivity contribution in [1.82, 2.24) is 0 Å². The van der Waals surface area contributed by atoms with Crippen molar-refractivity contribution in [2.24, 2.45) is 33.5 Å². The monoisotopic (exact) mass is 460 g/mol. The number of benzene rings is 1. The number of halogens is 2. The molecule has 0 amide bonds. The van der Waals surface area contributed by atoms with E-state index in [2.05, 4.69) is 13.8 Å². The molecule has 1 aromatic rings. The van der Waals surface area contributed by atoms with Crippen LogP contribution in [0.2, 0.25) is 0 Å². The summed E-state index contributed by atoms with van der Waals surface area (Å²) in [5.74, 6) is -2.88. The standard InChI is InChI=1S/C27H34F2O4/c1-24-12-8-19-25(2)10-5-11-26(3,23(31)32)18(25)9-13-27(19,15-24)14-20(24)33-22(30)21-16(28)6-4-7-17(21)29/h4,6-7,18-20H,5,8-15H2,1-3H3,(H,31,32)/t18-,19-,20?,24-,25+,26+,27-/m0/s1. The van der Waals surface area contributed by atoms with Gasteiger partial charge in [0.25, 0.3) is 0 Å². The van der Waals surface area contributed by atoms with E-state index in [1.807, 2.05) is 6.92 Å². The van der Waals surface area contributed by atoms with Crippen LogP contribution < -0.4 is 0 Å². The van der Waals surface area contributed by atoms with Gasteiger partial charge in [0.05, 0.1) is 5.41 Å². The molecule has 0 aromatic heterocycles. The van der Waals surface area contributed by atoms with E-state index < -0.39 is 34.6 Å². The molecule has 0 heterocycles. The summed E-state index contributed by atoms with van der Waals surface area (Å²) >= 11 is 0. The Morgan fingerprint density at radius 2 is 1.67 bits per heavy atom. The summed E-state index contributed by atoms with van der Waals surface area (Å²) in [5.41, 5.74) is -1.59. The first-order chi connectivity index (χ1) is 15.5. The molecular weight excluding hydrogens is 426 g/mol. The lowest BCUT2D eigenvalue weighted by molar-refractivity contribution is -0.182. The molecule has 1 spiro atoms. The number of hydrogen-bond donors (Lipinski definition) is 1. The predicted octanol–water partition coefficient (Wildman–Crippen LogP) is 6.38. The molecule has 1 N–H and O–H groups in total. The minimum atomic E-state index is -0.923. The summed E-state index contributed by atoms with van der Waals surface area (Å²) in [6, 6.07) is 3.39. The fourth-order valence-electron chi connectivity index (χ4n) is 9.03. The maximum atomic E-state index is 14.2. The number of carbonyl (C=O) groups excluding carboxylic acids is 1. The number of carboxylic acids is 1. The molecule has 0 saturated heterocycles. The van der Waals surface area contributed by atoms with E-state index in [4.69, 9.17) is 4.74 Å². The Hall–Kier alpha value is -1.98. The van der Waals surface area contributed by atoms with Crippen molar-refractivity contribution in [1.29, 1.82) is 0 Å². The number of aliphatic carboxylic acids is 1. The molecule has 4 aliphatic rings. The summed E-state index contributed by atoms with van der Waals surface area (Å²) < 4.78 is 34.2. The summed E-state index contributed by atoms with van der Waals surface area (Å²) in [4.78, 5) is 25.1. The Morgan fingerprint density at radius 3 is 2.33 bits per heavy atom. The van der Waals surface area contributed by atoms with Gasteiger partial charge < -0.3 is 9.84 Å². The van der Waals surface area contributed by atoms with Crippen molar-refractivity contribution in [3.8, 4) is 0 Å². The molecule has 5 rings (SSSR count). The van der Waals surface area contributed by atoms with E-state index >= 15 is 0 Å². The molecule has 4 nitrogen and oxygen atoms in total. The second-order valence-electron chi connectivity index (χ2n) is 12.2. The van der Waals surface area contributed by atoms with Gasteiger partial charge in [0, 0.05) is 5.41 Å². The molecule has 4 aliphatic carbocycles. The molecule has 1 aromatic carbocycles. The average Bonchev–Trinajstić information content (AvgIpc) is 2.92. The number of esters is 1. The molecule has 2 bridgehead atoms. The van der Waals surface area contributed by atoms with E-state index in [1.165, 1.54) is 6.07 Å². The zero-order valence-electron chi connectivity index (χ0n) is 19.8. The summed E-state index contributed by atoms with van der Waals surface area (Å²) in [7, 11) is 0. The van der Waals surface area contributed by atoms with Crippen LogP contribution in [0.25, 0.3) is 0 Å². The van der Waals surface area contributed by atoms with Gasteiger partial charge in [-0.1, -0.05) is 26.3 Å². The number of fused-ring (bicyclic) bond motifs is 3. The highest BCUT2D eigenvalue weighted by Crippen LogP contribution is 2.74. The van der Waals surface area contributed by atoms with Gasteiger partial charge in [-0.15, -0.1) is 0 Å². The van der Waals surface area contributed by atoms with E-state index in [0.717, 1.165) is 63.5 Å². The third-order valence-corrected chi connectivity index (χ3v) is 10.5. The van der Waals surface area contributed by atoms with Gasteiger partial charge in [0.1, 0.15) is 23.3 Å². The van der Waals surface area contributed by atoms with Crippen LogP contribution in [0.4, 0.5) is 8.78 Å². The van der Waals surface area contributed by atoms with Crippen LogP contribution >= 0.6 is 0 Å². The molecular formula is C27H34F2O4. The van der Waals surface area contributed by atoms with E-state index in [9.17, 15) is 23.5 Å². The van der Waals surface area contributed by atoms with Crippen LogP contribution in [0.1, 0.15) is 88.9 Å². The van der Waals surface area contributed by atoms with Crippen LogP contribution in [0.5, 0.6) is 0 Å². The van der Waals surface area contributed by atoms with Crippen LogP contribution in [0.15, 0.2) is 18.2 Å². The van der Waals surface area contributed by atoms with E-state index in [0.29, 0.717) is 12.3 Å². The summed E-state index contributed by atoms with van der Waals surface area (Å²) in [6.45, 7) is 6.38. The second-order valence-corrected chi connectivity index (χ2v) is 12.2. The number of ether oxygens (including phenoxy) is 1. The van der Waals surface area contributed by atoms with Crippen molar-refractivity contribution in [3.63, 3.8) is 0 Å². The van der Waals surface area contributed by atoms with Crippen molar-refractivity contribution >= 4 is 11.9 Å².